The molecule has 0 saturated heterocycles. The molecule has 0 heterocycles. The van der Waals surface area contributed by atoms with Crippen LogP contribution in [0.1, 0.15) is 72.6 Å². The molecule has 2 fully saturated rings. The summed E-state index contributed by atoms with van der Waals surface area (Å²) in [5.74, 6) is 1.64. The normalized spacial score (nSPS) is 39.0. The lowest BCUT2D eigenvalue weighted by Gasteiger charge is -2.59. The molecule has 0 radical (unpaired) electrons. The minimum Gasteiger partial charge on any atom is -0.354 e. The van der Waals surface area contributed by atoms with Crippen LogP contribution < -0.4 is 0 Å². The fraction of sp³-hybridized carbons (Fsp3) is 0.800. The Labute approximate surface area is 148 Å². The predicted octanol–water partition coefficient (Wildman–Crippen LogP) is 6.91. The molecule has 0 aromatic rings. The zero-order chi connectivity index (χ0) is 17.1. The SMILES string of the molecule is C=C1CCCC2[C@@]1(C)CC[C@@H](C)[C@]2(C)CC/C(C)=C/COPP. The lowest BCUT2D eigenvalue weighted by molar-refractivity contribution is -0.0543. The van der Waals surface area contributed by atoms with Gasteiger partial charge >= 0.3 is 0 Å². The first-order valence-corrected chi connectivity index (χ1v) is 12.0. The standard InChI is InChI=1S/C20H36OP2/c1-15(11-14-21-23-22)9-12-19(4)17(3)10-13-20(5)16(2)7-6-8-18(19)20/h11,17-18,23H,2,6-10,12-14,22H2,1,3-5H3/b15-11+/t17-,18?,19+,20+/m1/s1. The smallest absolute Gasteiger partial charge is 0.0693 e. The third kappa shape index (κ3) is 4.11. The van der Waals surface area contributed by atoms with Crippen molar-refractivity contribution in [3.05, 3.63) is 23.8 Å². The molecule has 23 heavy (non-hydrogen) atoms. The van der Waals surface area contributed by atoms with Gasteiger partial charge in [-0.15, -0.1) is 0 Å². The van der Waals surface area contributed by atoms with Crippen molar-refractivity contribution in [3.8, 4) is 0 Å². The molecule has 2 aliphatic carbocycles. The molecule has 0 aromatic carbocycles. The summed E-state index contributed by atoms with van der Waals surface area (Å²) in [5, 5.41) is 0. The van der Waals surface area contributed by atoms with Gasteiger partial charge in [0.2, 0.25) is 0 Å². The van der Waals surface area contributed by atoms with Crippen LogP contribution in [0.15, 0.2) is 23.8 Å². The fourth-order valence-electron chi connectivity index (χ4n) is 5.19. The zero-order valence-corrected chi connectivity index (χ0v) is 17.7. The number of allylic oxidation sites excluding steroid dienone is 2. The van der Waals surface area contributed by atoms with E-state index in [1.54, 1.807) is 0 Å². The highest BCUT2D eigenvalue weighted by Gasteiger charge is 2.53. The van der Waals surface area contributed by atoms with Gasteiger partial charge in [-0.3, -0.25) is 0 Å². The monoisotopic (exact) mass is 354 g/mol. The number of fused-ring (bicyclic) bond motifs is 1. The van der Waals surface area contributed by atoms with Crippen LogP contribution in [0, 0.1) is 22.7 Å². The van der Waals surface area contributed by atoms with Gasteiger partial charge in [0.25, 0.3) is 0 Å². The molecule has 3 heteroatoms. The molecule has 0 amide bonds. The van der Waals surface area contributed by atoms with Gasteiger partial charge in [-0.05, 0) is 74.5 Å². The Morgan fingerprint density at radius 3 is 2.87 bits per heavy atom. The Hall–Kier alpha value is 0.300. The molecular formula is C20H36OP2. The molecular weight excluding hydrogens is 318 g/mol. The average Bonchev–Trinajstić information content (AvgIpc) is 2.52. The van der Waals surface area contributed by atoms with Crippen LogP contribution in [0.25, 0.3) is 0 Å². The summed E-state index contributed by atoms with van der Waals surface area (Å²) >= 11 is 0. The fourth-order valence-corrected chi connectivity index (χ4v) is 5.66. The van der Waals surface area contributed by atoms with Crippen molar-refractivity contribution in [1.82, 2.24) is 0 Å². The van der Waals surface area contributed by atoms with Crippen LogP contribution in [0.4, 0.5) is 0 Å². The van der Waals surface area contributed by atoms with Gasteiger partial charge < -0.3 is 4.52 Å². The molecule has 0 spiro atoms. The lowest BCUT2D eigenvalue weighted by atomic mass is 9.46. The van der Waals surface area contributed by atoms with Crippen LogP contribution in [0.3, 0.4) is 0 Å². The Balaban J connectivity index is 2.10. The highest BCUT2D eigenvalue weighted by Crippen LogP contribution is 2.62. The summed E-state index contributed by atoms with van der Waals surface area (Å²) in [4.78, 5) is 0. The largest absolute Gasteiger partial charge is 0.354 e. The highest BCUT2D eigenvalue weighted by atomic mass is 32.0. The summed E-state index contributed by atoms with van der Waals surface area (Å²) in [6.07, 6.45) is 11.5. The topological polar surface area (TPSA) is 9.23 Å². The van der Waals surface area contributed by atoms with Crippen LogP contribution in [-0.4, -0.2) is 6.61 Å². The van der Waals surface area contributed by atoms with E-state index in [9.17, 15) is 0 Å². The first-order valence-electron chi connectivity index (χ1n) is 9.26. The summed E-state index contributed by atoms with van der Waals surface area (Å²) in [6, 6.07) is 0. The first kappa shape index (κ1) is 19.6. The maximum Gasteiger partial charge on any atom is 0.0693 e. The van der Waals surface area contributed by atoms with Crippen molar-refractivity contribution in [3.63, 3.8) is 0 Å². The Kier molecular flexibility index (Phi) is 6.93. The molecule has 0 aromatic heterocycles. The zero-order valence-electron chi connectivity index (χ0n) is 15.6. The van der Waals surface area contributed by atoms with Gasteiger partial charge in [0.15, 0.2) is 0 Å². The highest BCUT2D eigenvalue weighted by molar-refractivity contribution is 8.00. The van der Waals surface area contributed by atoms with E-state index in [4.69, 9.17) is 4.52 Å². The minimum atomic E-state index is 0.390. The molecule has 0 N–H and O–H groups in total. The number of rotatable bonds is 6. The van der Waals surface area contributed by atoms with Gasteiger partial charge in [-0.25, -0.2) is 0 Å². The molecule has 0 aliphatic heterocycles. The molecule has 1 nitrogen and oxygen atoms in total. The molecule has 6 atom stereocenters. The third-order valence-corrected chi connectivity index (χ3v) is 8.06. The Morgan fingerprint density at radius 2 is 2.17 bits per heavy atom. The van der Waals surface area contributed by atoms with Gasteiger partial charge in [0, 0.05) is 8.50 Å². The maximum atomic E-state index is 5.46. The van der Waals surface area contributed by atoms with Crippen molar-refractivity contribution >= 4 is 17.4 Å². The van der Waals surface area contributed by atoms with Gasteiger partial charge in [-0.1, -0.05) is 53.5 Å². The van der Waals surface area contributed by atoms with Gasteiger partial charge in [0.05, 0.1) is 6.61 Å². The van der Waals surface area contributed by atoms with Crippen molar-refractivity contribution in [2.75, 3.05) is 6.61 Å². The van der Waals surface area contributed by atoms with E-state index >= 15 is 0 Å². The van der Waals surface area contributed by atoms with E-state index in [0.717, 1.165) is 18.4 Å². The van der Waals surface area contributed by atoms with Gasteiger partial charge in [-0.2, -0.15) is 0 Å². The Bertz CT molecular complexity index is 459. The average molecular weight is 354 g/mol. The summed E-state index contributed by atoms with van der Waals surface area (Å²) in [5.41, 5.74) is 3.87. The van der Waals surface area contributed by atoms with Crippen LogP contribution in [0.2, 0.25) is 0 Å². The second kappa shape index (κ2) is 8.12. The van der Waals surface area contributed by atoms with Crippen molar-refractivity contribution in [2.45, 2.75) is 72.6 Å². The molecule has 2 rings (SSSR count). The van der Waals surface area contributed by atoms with Crippen LogP contribution in [-0.2, 0) is 4.52 Å². The van der Waals surface area contributed by atoms with E-state index in [-0.39, 0.29) is 0 Å². The van der Waals surface area contributed by atoms with E-state index in [1.807, 2.05) is 0 Å². The number of hydrogen-bond donors (Lipinski definition) is 0. The third-order valence-electron chi connectivity index (χ3n) is 7.22. The van der Waals surface area contributed by atoms with Crippen molar-refractivity contribution < 1.29 is 4.52 Å². The van der Waals surface area contributed by atoms with E-state index in [0.29, 0.717) is 19.3 Å². The first-order chi connectivity index (χ1) is 10.8. The maximum absolute atomic E-state index is 5.46. The van der Waals surface area contributed by atoms with Crippen LogP contribution in [0.5, 0.6) is 0 Å². The summed E-state index contributed by atoms with van der Waals surface area (Å²) < 4.78 is 5.46. The molecule has 2 saturated carbocycles. The quantitative estimate of drug-likeness (QED) is 0.286. The molecule has 3 unspecified atom stereocenters. The second-order valence-corrected chi connectivity index (χ2v) is 9.62. The molecule has 0 bridgehead atoms. The summed E-state index contributed by atoms with van der Waals surface area (Å²) in [6.45, 7) is 15.1. The van der Waals surface area contributed by atoms with Crippen LogP contribution >= 0.6 is 17.4 Å². The lowest BCUT2D eigenvalue weighted by Crippen LogP contribution is -2.50. The molecule has 2 aliphatic rings. The van der Waals surface area contributed by atoms with E-state index in [1.165, 1.54) is 56.1 Å². The van der Waals surface area contributed by atoms with Crippen molar-refractivity contribution in [2.24, 2.45) is 22.7 Å². The summed E-state index contributed by atoms with van der Waals surface area (Å²) in [7, 11) is 3.15. The van der Waals surface area contributed by atoms with E-state index < -0.39 is 0 Å². The van der Waals surface area contributed by atoms with Gasteiger partial charge in [0.1, 0.15) is 0 Å². The Morgan fingerprint density at radius 1 is 1.43 bits per heavy atom. The molecule has 132 valence electrons. The number of hydrogen-bond acceptors (Lipinski definition) is 1. The minimum absolute atomic E-state index is 0.390. The van der Waals surface area contributed by atoms with Crippen molar-refractivity contribution in [1.29, 1.82) is 0 Å². The second-order valence-electron chi connectivity index (χ2n) is 8.39. The predicted molar refractivity (Wildman–Crippen MR) is 108 cm³/mol. The van der Waals surface area contributed by atoms with E-state index in [2.05, 4.69) is 49.3 Å².